The van der Waals surface area contributed by atoms with Gasteiger partial charge >= 0.3 is 6.18 Å². The lowest BCUT2D eigenvalue weighted by atomic mass is 10.1. The van der Waals surface area contributed by atoms with Crippen molar-refractivity contribution < 1.29 is 27.4 Å². The Hall–Kier alpha value is -1.80. The van der Waals surface area contributed by atoms with Crippen LogP contribution in [0.15, 0.2) is 24.3 Å². The third-order valence-corrected chi connectivity index (χ3v) is 2.72. The van der Waals surface area contributed by atoms with Crippen molar-refractivity contribution in [2.75, 3.05) is 19.0 Å². The minimum Gasteiger partial charge on any atom is -0.481 e. The summed E-state index contributed by atoms with van der Waals surface area (Å²) in [6, 6.07) is 4.84. The number of carbonyl (C=O) groups is 1. The zero-order valence-electron chi connectivity index (χ0n) is 12.3. The van der Waals surface area contributed by atoms with Crippen LogP contribution in [-0.4, -0.2) is 37.9 Å². The van der Waals surface area contributed by atoms with Crippen LogP contribution in [0.5, 0.6) is 5.75 Å². The first-order valence-electron chi connectivity index (χ1n) is 6.58. The Morgan fingerprint density at radius 3 is 2.36 bits per heavy atom. The quantitative estimate of drug-likeness (QED) is 0.808. The molecule has 0 heterocycles. The summed E-state index contributed by atoms with van der Waals surface area (Å²) in [6.07, 6.45) is -6.98. The van der Waals surface area contributed by atoms with E-state index in [0.29, 0.717) is 5.69 Å². The molecule has 0 aliphatic rings. The molecule has 0 aromatic heterocycles. The van der Waals surface area contributed by atoms with Gasteiger partial charge in [0.1, 0.15) is 5.75 Å². The highest BCUT2D eigenvalue weighted by Gasteiger charge is 2.42. The highest BCUT2D eigenvalue weighted by atomic mass is 19.4. The fourth-order valence-corrected chi connectivity index (χ4v) is 1.79. The van der Waals surface area contributed by atoms with Crippen LogP contribution in [-0.2, 0) is 9.53 Å². The van der Waals surface area contributed by atoms with Crippen LogP contribution in [0.1, 0.15) is 13.3 Å². The number of ether oxygens (including phenoxy) is 2. The second-order valence-corrected chi connectivity index (χ2v) is 4.80. The number of nitrogens with one attached hydrogen (secondary N) is 1. The molecule has 0 radical (unpaired) electrons. The first kappa shape index (κ1) is 18.2. The van der Waals surface area contributed by atoms with Gasteiger partial charge in [-0.25, -0.2) is 0 Å². The average molecular weight is 320 g/mol. The summed E-state index contributed by atoms with van der Waals surface area (Å²) in [5, 5.41) is 2.51. The van der Waals surface area contributed by atoms with Gasteiger partial charge in [-0.15, -0.1) is 0 Å². The molecule has 1 aromatic rings. The standard InChI is InChI=1S/C14H19F3N2O3/c1-9(20)19-11-3-5-12(6-4-11)22-13(14(15,16)17)7-10(18)8-21-2/h3-6,10,13H,7-8,18H2,1-2H3,(H,19,20). The minimum absolute atomic E-state index is 0.0113. The number of methoxy groups -OCH3 is 1. The normalized spacial score (nSPS) is 14.3. The molecular weight excluding hydrogens is 301 g/mol. The number of hydrogen-bond donors (Lipinski definition) is 2. The Kier molecular flexibility index (Phi) is 6.63. The highest BCUT2D eigenvalue weighted by Crippen LogP contribution is 2.28. The summed E-state index contributed by atoms with van der Waals surface area (Å²) in [5.41, 5.74) is 6.03. The number of nitrogens with two attached hydrogens (primary N) is 1. The summed E-state index contributed by atoms with van der Waals surface area (Å²) in [5.74, 6) is -0.228. The Morgan fingerprint density at radius 2 is 1.91 bits per heavy atom. The molecule has 0 saturated carbocycles. The zero-order valence-corrected chi connectivity index (χ0v) is 12.3. The molecule has 1 amide bonds. The average Bonchev–Trinajstić information content (AvgIpc) is 2.38. The summed E-state index contributed by atoms with van der Waals surface area (Å²) in [4.78, 5) is 10.9. The Bertz CT molecular complexity index is 477. The topological polar surface area (TPSA) is 73.6 Å². The molecule has 0 saturated heterocycles. The highest BCUT2D eigenvalue weighted by molar-refractivity contribution is 5.88. The van der Waals surface area contributed by atoms with E-state index in [0.717, 1.165) is 0 Å². The van der Waals surface area contributed by atoms with E-state index in [1.165, 1.54) is 38.3 Å². The van der Waals surface area contributed by atoms with Crippen molar-refractivity contribution in [2.45, 2.75) is 31.7 Å². The molecule has 0 aliphatic heterocycles. The SMILES string of the molecule is COCC(N)CC(Oc1ccc(NC(C)=O)cc1)C(F)(F)F. The van der Waals surface area contributed by atoms with Gasteiger partial charge in [-0.05, 0) is 24.3 Å². The Morgan fingerprint density at radius 1 is 1.32 bits per heavy atom. The van der Waals surface area contributed by atoms with Gasteiger partial charge in [0.15, 0.2) is 6.10 Å². The summed E-state index contributed by atoms with van der Waals surface area (Å²) >= 11 is 0. The smallest absolute Gasteiger partial charge is 0.425 e. The van der Waals surface area contributed by atoms with Crippen molar-refractivity contribution >= 4 is 11.6 Å². The molecule has 0 bridgehead atoms. The van der Waals surface area contributed by atoms with E-state index in [2.05, 4.69) is 5.32 Å². The van der Waals surface area contributed by atoms with Crippen LogP contribution in [0.25, 0.3) is 0 Å². The number of halogens is 3. The number of benzene rings is 1. The molecule has 0 spiro atoms. The van der Waals surface area contributed by atoms with Gasteiger partial charge in [0.2, 0.25) is 5.91 Å². The van der Waals surface area contributed by atoms with Crippen molar-refractivity contribution in [1.29, 1.82) is 0 Å². The molecule has 0 fully saturated rings. The Labute approximate surface area is 126 Å². The number of anilines is 1. The van der Waals surface area contributed by atoms with Crippen molar-refractivity contribution in [1.82, 2.24) is 0 Å². The van der Waals surface area contributed by atoms with Gasteiger partial charge in [-0.2, -0.15) is 13.2 Å². The lowest BCUT2D eigenvalue weighted by molar-refractivity contribution is -0.198. The van der Waals surface area contributed by atoms with Gasteiger partial charge in [-0.3, -0.25) is 4.79 Å². The molecule has 0 aliphatic carbocycles. The van der Waals surface area contributed by atoms with E-state index >= 15 is 0 Å². The molecule has 5 nitrogen and oxygen atoms in total. The zero-order chi connectivity index (χ0) is 16.8. The molecule has 1 aromatic carbocycles. The molecule has 22 heavy (non-hydrogen) atoms. The molecule has 3 N–H and O–H groups in total. The number of amides is 1. The van der Waals surface area contributed by atoms with Gasteiger partial charge in [0, 0.05) is 32.2 Å². The van der Waals surface area contributed by atoms with Gasteiger partial charge in [0.05, 0.1) is 6.61 Å². The predicted octanol–water partition coefficient (Wildman–Crippen LogP) is 2.32. The fraction of sp³-hybridized carbons (Fsp3) is 0.500. The van der Waals surface area contributed by atoms with Gasteiger partial charge in [0.25, 0.3) is 0 Å². The monoisotopic (exact) mass is 320 g/mol. The summed E-state index contributed by atoms with van der Waals surface area (Å²) < 4.78 is 48.7. The van der Waals surface area contributed by atoms with E-state index in [1.54, 1.807) is 0 Å². The molecule has 2 unspecified atom stereocenters. The minimum atomic E-state index is -4.54. The van der Waals surface area contributed by atoms with Crippen molar-refractivity contribution in [3.8, 4) is 5.75 Å². The lowest BCUT2D eigenvalue weighted by Gasteiger charge is -2.24. The van der Waals surface area contributed by atoms with E-state index in [-0.39, 0.29) is 18.3 Å². The third kappa shape index (κ3) is 6.31. The van der Waals surface area contributed by atoms with Gasteiger partial charge in [-0.1, -0.05) is 0 Å². The molecule has 2 atom stereocenters. The van der Waals surface area contributed by atoms with E-state index in [4.69, 9.17) is 15.2 Å². The third-order valence-electron chi connectivity index (χ3n) is 2.72. The number of carbonyl (C=O) groups excluding carboxylic acids is 1. The maximum absolute atomic E-state index is 13.0. The van der Waals surface area contributed by atoms with E-state index < -0.39 is 24.7 Å². The molecule has 8 heteroatoms. The van der Waals surface area contributed by atoms with E-state index in [9.17, 15) is 18.0 Å². The lowest BCUT2D eigenvalue weighted by Crippen LogP contribution is -2.41. The van der Waals surface area contributed by atoms with Crippen molar-refractivity contribution in [2.24, 2.45) is 5.73 Å². The Balaban J connectivity index is 2.75. The van der Waals surface area contributed by atoms with Crippen molar-refractivity contribution in [3.05, 3.63) is 24.3 Å². The maximum Gasteiger partial charge on any atom is 0.425 e. The van der Waals surface area contributed by atoms with Gasteiger partial charge < -0.3 is 20.5 Å². The first-order chi connectivity index (χ1) is 10.2. The second-order valence-electron chi connectivity index (χ2n) is 4.80. The maximum atomic E-state index is 13.0. The molecular formula is C14H19F3N2O3. The van der Waals surface area contributed by atoms with Crippen LogP contribution in [0, 0.1) is 0 Å². The van der Waals surface area contributed by atoms with Crippen LogP contribution in [0.3, 0.4) is 0 Å². The number of alkyl halides is 3. The van der Waals surface area contributed by atoms with Crippen LogP contribution in [0.4, 0.5) is 18.9 Å². The number of hydrogen-bond acceptors (Lipinski definition) is 4. The fourth-order valence-electron chi connectivity index (χ4n) is 1.79. The second kappa shape index (κ2) is 8.00. The van der Waals surface area contributed by atoms with Crippen molar-refractivity contribution in [3.63, 3.8) is 0 Å². The molecule has 1 rings (SSSR count). The predicted molar refractivity (Wildman–Crippen MR) is 75.7 cm³/mol. The summed E-state index contributed by atoms with van der Waals surface area (Å²) in [7, 11) is 1.37. The molecule has 124 valence electrons. The van der Waals surface area contributed by atoms with Crippen LogP contribution < -0.4 is 15.8 Å². The van der Waals surface area contributed by atoms with Crippen LogP contribution >= 0.6 is 0 Å². The number of rotatable bonds is 7. The first-order valence-corrected chi connectivity index (χ1v) is 6.58. The van der Waals surface area contributed by atoms with Crippen LogP contribution in [0.2, 0.25) is 0 Å². The van der Waals surface area contributed by atoms with E-state index in [1.807, 2.05) is 0 Å². The summed E-state index contributed by atoms with van der Waals surface area (Å²) in [6.45, 7) is 1.35. The largest absolute Gasteiger partial charge is 0.481 e.